The standard InChI is InChI=1S/C16H32N2/c1-3-7-15(14-17-2)18-12-10-16(11-13-18)8-5-4-6-9-16/h15,17H,3-14H2,1-2H3. The van der Waals surface area contributed by atoms with Crippen molar-refractivity contribution in [2.45, 2.75) is 70.8 Å². The Labute approximate surface area is 114 Å². The average Bonchev–Trinajstić information content (AvgIpc) is 2.40. The minimum Gasteiger partial charge on any atom is -0.318 e. The van der Waals surface area contributed by atoms with E-state index in [0.717, 1.165) is 11.5 Å². The van der Waals surface area contributed by atoms with Gasteiger partial charge in [0.15, 0.2) is 0 Å². The second-order valence-electron chi connectivity index (χ2n) is 6.60. The Bertz CT molecular complexity index is 217. The van der Waals surface area contributed by atoms with E-state index in [1.54, 1.807) is 0 Å². The Morgan fingerprint density at radius 1 is 1.06 bits per heavy atom. The maximum atomic E-state index is 3.38. The van der Waals surface area contributed by atoms with Gasteiger partial charge in [-0.15, -0.1) is 0 Å². The number of hydrogen-bond donors (Lipinski definition) is 1. The monoisotopic (exact) mass is 252 g/mol. The summed E-state index contributed by atoms with van der Waals surface area (Å²) in [5.41, 5.74) is 0.755. The Hall–Kier alpha value is -0.0800. The summed E-state index contributed by atoms with van der Waals surface area (Å²) in [5, 5.41) is 3.38. The molecule has 1 aliphatic carbocycles. The van der Waals surface area contributed by atoms with Crippen LogP contribution in [-0.4, -0.2) is 37.6 Å². The van der Waals surface area contributed by atoms with Crippen molar-refractivity contribution >= 4 is 0 Å². The number of rotatable bonds is 5. The summed E-state index contributed by atoms with van der Waals surface area (Å²) < 4.78 is 0. The van der Waals surface area contributed by atoms with E-state index in [0.29, 0.717) is 0 Å². The quantitative estimate of drug-likeness (QED) is 0.806. The molecule has 1 aliphatic heterocycles. The van der Waals surface area contributed by atoms with Crippen LogP contribution in [0.15, 0.2) is 0 Å². The van der Waals surface area contributed by atoms with Gasteiger partial charge in [-0.25, -0.2) is 0 Å². The molecule has 2 aliphatic rings. The first-order chi connectivity index (χ1) is 8.79. The van der Waals surface area contributed by atoms with Crippen molar-refractivity contribution in [2.24, 2.45) is 5.41 Å². The van der Waals surface area contributed by atoms with E-state index in [4.69, 9.17) is 0 Å². The zero-order chi connectivity index (χ0) is 12.8. The molecule has 0 aromatic rings. The SMILES string of the molecule is CCCC(CNC)N1CCC2(CCCCC2)CC1. The molecule has 1 saturated heterocycles. The van der Waals surface area contributed by atoms with Crippen LogP contribution in [0.25, 0.3) is 0 Å². The maximum absolute atomic E-state index is 3.38. The van der Waals surface area contributed by atoms with E-state index >= 15 is 0 Å². The average molecular weight is 252 g/mol. The zero-order valence-electron chi connectivity index (χ0n) is 12.5. The summed E-state index contributed by atoms with van der Waals surface area (Å²) in [6, 6.07) is 0.779. The molecule has 106 valence electrons. The van der Waals surface area contributed by atoms with Gasteiger partial charge in [0.25, 0.3) is 0 Å². The lowest BCUT2D eigenvalue weighted by Gasteiger charge is -2.46. The van der Waals surface area contributed by atoms with Crippen molar-refractivity contribution in [1.29, 1.82) is 0 Å². The summed E-state index contributed by atoms with van der Waals surface area (Å²) in [6.45, 7) is 6.19. The molecule has 2 nitrogen and oxygen atoms in total. The Balaban J connectivity index is 1.84. The molecule has 2 fully saturated rings. The Morgan fingerprint density at radius 2 is 1.72 bits per heavy atom. The van der Waals surface area contributed by atoms with Gasteiger partial charge < -0.3 is 5.32 Å². The summed E-state index contributed by atoms with van der Waals surface area (Å²) in [4.78, 5) is 2.76. The van der Waals surface area contributed by atoms with Gasteiger partial charge in [-0.3, -0.25) is 4.90 Å². The maximum Gasteiger partial charge on any atom is 0.0220 e. The first-order valence-electron chi connectivity index (χ1n) is 8.18. The lowest BCUT2D eigenvalue weighted by molar-refractivity contribution is 0.0430. The molecule has 0 aromatic heterocycles. The minimum atomic E-state index is 0.755. The van der Waals surface area contributed by atoms with Crippen molar-refractivity contribution < 1.29 is 0 Å². The summed E-state index contributed by atoms with van der Waals surface area (Å²) in [7, 11) is 2.09. The highest BCUT2D eigenvalue weighted by Gasteiger charge is 2.36. The first kappa shape index (κ1) is 14.3. The fourth-order valence-corrected chi connectivity index (χ4v) is 4.15. The fourth-order valence-electron chi connectivity index (χ4n) is 4.15. The molecule has 1 saturated carbocycles. The van der Waals surface area contributed by atoms with E-state index < -0.39 is 0 Å². The topological polar surface area (TPSA) is 15.3 Å². The van der Waals surface area contributed by atoms with Gasteiger partial charge >= 0.3 is 0 Å². The molecular weight excluding hydrogens is 220 g/mol. The molecular formula is C16H32N2. The molecule has 0 radical (unpaired) electrons. The summed E-state index contributed by atoms with van der Waals surface area (Å²) in [6.07, 6.45) is 13.1. The number of nitrogens with one attached hydrogen (secondary N) is 1. The van der Waals surface area contributed by atoms with Crippen LogP contribution in [0.1, 0.15) is 64.7 Å². The zero-order valence-corrected chi connectivity index (χ0v) is 12.5. The van der Waals surface area contributed by atoms with Crippen LogP contribution < -0.4 is 5.32 Å². The van der Waals surface area contributed by atoms with Gasteiger partial charge in [0, 0.05) is 12.6 Å². The molecule has 2 rings (SSSR count). The first-order valence-corrected chi connectivity index (χ1v) is 8.18. The summed E-state index contributed by atoms with van der Waals surface area (Å²) >= 11 is 0. The molecule has 1 N–H and O–H groups in total. The molecule has 18 heavy (non-hydrogen) atoms. The van der Waals surface area contributed by atoms with Crippen LogP contribution in [0.2, 0.25) is 0 Å². The third-order valence-corrected chi connectivity index (χ3v) is 5.35. The second kappa shape index (κ2) is 6.91. The molecule has 1 spiro atoms. The smallest absolute Gasteiger partial charge is 0.0220 e. The predicted octanol–water partition coefficient (Wildman–Crippen LogP) is 3.42. The second-order valence-corrected chi connectivity index (χ2v) is 6.60. The van der Waals surface area contributed by atoms with Crippen molar-refractivity contribution in [3.05, 3.63) is 0 Å². The normalized spacial score (nSPS) is 26.3. The Morgan fingerprint density at radius 3 is 2.28 bits per heavy atom. The van der Waals surface area contributed by atoms with E-state index in [-0.39, 0.29) is 0 Å². The molecule has 0 aromatic carbocycles. The van der Waals surface area contributed by atoms with Crippen LogP contribution in [0.5, 0.6) is 0 Å². The molecule has 0 bridgehead atoms. The third-order valence-electron chi connectivity index (χ3n) is 5.35. The van der Waals surface area contributed by atoms with Gasteiger partial charge in [-0.05, 0) is 57.7 Å². The van der Waals surface area contributed by atoms with Crippen molar-refractivity contribution in [2.75, 3.05) is 26.7 Å². The van der Waals surface area contributed by atoms with Gasteiger partial charge in [0.2, 0.25) is 0 Å². The molecule has 0 amide bonds. The van der Waals surface area contributed by atoms with Crippen LogP contribution in [0.4, 0.5) is 0 Å². The predicted molar refractivity (Wildman–Crippen MR) is 78.9 cm³/mol. The molecule has 1 unspecified atom stereocenters. The highest BCUT2D eigenvalue weighted by molar-refractivity contribution is 4.90. The number of piperidine rings is 1. The van der Waals surface area contributed by atoms with E-state index in [1.807, 2.05) is 0 Å². The van der Waals surface area contributed by atoms with Crippen molar-refractivity contribution in [3.8, 4) is 0 Å². The van der Waals surface area contributed by atoms with Gasteiger partial charge in [0.1, 0.15) is 0 Å². The molecule has 1 atom stereocenters. The molecule has 1 heterocycles. The number of nitrogens with zero attached hydrogens (tertiary/aromatic N) is 1. The van der Waals surface area contributed by atoms with Crippen LogP contribution >= 0.6 is 0 Å². The lowest BCUT2D eigenvalue weighted by Crippen LogP contribution is -2.48. The van der Waals surface area contributed by atoms with E-state index in [2.05, 4.69) is 24.2 Å². The highest BCUT2D eigenvalue weighted by Crippen LogP contribution is 2.44. The minimum absolute atomic E-state index is 0.755. The van der Waals surface area contributed by atoms with E-state index in [1.165, 1.54) is 77.4 Å². The van der Waals surface area contributed by atoms with E-state index in [9.17, 15) is 0 Å². The third kappa shape index (κ3) is 3.48. The Kier molecular flexibility index (Phi) is 5.50. The molecule has 2 heteroatoms. The summed E-state index contributed by atoms with van der Waals surface area (Å²) in [5.74, 6) is 0. The van der Waals surface area contributed by atoms with Crippen LogP contribution in [-0.2, 0) is 0 Å². The number of likely N-dealkylation sites (N-methyl/N-ethyl adjacent to an activating group) is 1. The van der Waals surface area contributed by atoms with Crippen molar-refractivity contribution in [3.63, 3.8) is 0 Å². The highest BCUT2D eigenvalue weighted by atomic mass is 15.2. The largest absolute Gasteiger partial charge is 0.318 e. The number of hydrogen-bond acceptors (Lipinski definition) is 2. The van der Waals surface area contributed by atoms with Crippen LogP contribution in [0.3, 0.4) is 0 Å². The lowest BCUT2D eigenvalue weighted by atomic mass is 9.68. The number of likely N-dealkylation sites (tertiary alicyclic amines) is 1. The van der Waals surface area contributed by atoms with Gasteiger partial charge in [-0.2, -0.15) is 0 Å². The van der Waals surface area contributed by atoms with Crippen molar-refractivity contribution in [1.82, 2.24) is 10.2 Å². The van der Waals surface area contributed by atoms with Crippen LogP contribution in [0, 0.1) is 5.41 Å². The van der Waals surface area contributed by atoms with Gasteiger partial charge in [0.05, 0.1) is 0 Å². The fraction of sp³-hybridized carbons (Fsp3) is 1.00. The van der Waals surface area contributed by atoms with Gasteiger partial charge in [-0.1, -0.05) is 32.6 Å².